The zero-order chi connectivity index (χ0) is 28.2. The molecular weight excluding hydrogens is 514 g/mol. The molecule has 3 aromatic carbocycles. The van der Waals surface area contributed by atoms with Crippen LogP contribution < -0.4 is 16.8 Å². The van der Waals surface area contributed by atoms with E-state index in [1.807, 2.05) is 49.5 Å². The topological polar surface area (TPSA) is 138 Å². The van der Waals surface area contributed by atoms with Crippen LogP contribution in [0.15, 0.2) is 79.3 Å². The first-order valence-corrected chi connectivity index (χ1v) is 12.2. The maximum absolute atomic E-state index is 13.8. The van der Waals surface area contributed by atoms with Gasteiger partial charge in [-0.1, -0.05) is 24.3 Å². The van der Waals surface area contributed by atoms with Crippen LogP contribution in [0.4, 0.5) is 26.2 Å². The minimum atomic E-state index is -0.874. The van der Waals surface area contributed by atoms with Gasteiger partial charge in [0.25, 0.3) is 0 Å². The van der Waals surface area contributed by atoms with Crippen LogP contribution in [0.3, 0.4) is 0 Å². The van der Waals surface area contributed by atoms with Crippen molar-refractivity contribution >= 4 is 45.7 Å². The van der Waals surface area contributed by atoms with E-state index in [-0.39, 0.29) is 6.41 Å². The number of nitrogen functional groups attached to an aromatic ring is 1. The number of nitrogens with one attached hydrogen (secondary N) is 1. The average molecular weight is 539 g/mol. The van der Waals surface area contributed by atoms with Crippen molar-refractivity contribution < 1.29 is 13.6 Å². The lowest BCUT2D eigenvalue weighted by Crippen LogP contribution is -2.01. The number of hydrogen-bond donors (Lipinski definition) is 3. The van der Waals surface area contributed by atoms with Crippen molar-refractivity contribution in [2.24, 2.45) is 12.8 Å². The molecule has 0 fully saturated rings. The number of amides is 1. The quantitative estimate of drug-likeness (QED) is 0.266. The third-order valence-electron chi connectivity index (χ3n) is 6.36. The van der Waals surface area contributed by atoms with Crippen LogP contribution in [-0.2, 0) is 18.3 Å². The zero-order valence-electron chi connectivity index (χ0n) is 21.3. The number of aromatic nitrogens is 5. The minimum Gasteiger partial charge on any atom is -0.383 e. The molecule has 0 spiro atoms. The van der Waals surface area contributed by atoms with Crippen LogP contribution in [0.25, 0.3) is 32.9 Å². The highest BCUT2D eigenvalue weighted by molar-refractivity contribution is 5.97. The molecular formula is C29H24F2N8O. The molecule has 1 amide bonds. The van der Waals surface area contributed by atoms with Crippen molar-refractivity contribution in [3.8, 4) is 11.1 Å². The summed E-state index contributed by atoms with van der Waals surface area (Å²) in [7, 11) is 1.88. The fraction of sp³-hybridized carbons (Fsp3) is 0.0690. The number of anilines is 3. The number of carbonyl (C=O) groups excluding carboxylic acids is 1. The maximum Gasteiger partial charge on any atom is 0.204 e. The highest BCUT2D eigenvalue weighted by Gasteiger charge is 2.14. The van der Waals surface area contributed by atoms with Crippen LogP contribution >= 0.6 is 0 Å². The molecule has 0 saturated carbocycles. The molecule has 6 aromatic rings. The van der Waals surface area contributed by atoms with Gasteiger partial charge in [0.2, 0.25) is 6.41 Å². The number of pyridine rings is 1. The number of aryl methyl sites for hydroxylation is 1. The van der Waals surface area contributed by atoms with Gasteiger partial charge in [-0.2, -0.15) is 5.10 Å². The first-order chi connectivity index (χ1) is 19.4. The van der Waals surface area contributed by atoms with E-state index in [9.17, 15) is 8.78 Å². The molecule has 3 aromatic heterocycles. The van der Waals surface area contributed by atoms with E-state index in [0.29, 0.717) is 29.4 Å². The Morgan fingerprint density at radius 2 is 1.65 bits per heavy atom. The smallest absolute Gasteiger partial charge is 0.204 e. The van der Waals surface area contributed by atoms with Crippen LogP contribution in [0.1, 0.15) is 11.1 Å². The summed E-state index contributed by atoms with van der Waals surface area (Å²) >= 11 is 0. The number of primary amides is 1. The number of hydrogen-bond acceptors (Lipinski definition) is 7. The summed E-state index contributed by atoms with van der Waals surface area (Å²) in [5.74, 6) is -0.0892. The summed E-state index contributed by atoms with van der Waals surface area (Å²) < 4.78 is 28.9. The van der Waals surface area contributed by atoms with Crippen molar-refractivity contribution in [1.82, 2.24) is 24.7 Å². The summed E-state index contributed by atoms with van der Waals surface area (Å²) in [6, 6.07) is 19.6. The van der Waals surface area contributed by atoms with E-state index in [1.54, 1.807) is 16.9 Å². The summed E-state index contributed by atoms with van der Waals surface area (Å²) in [4.78, 5) is 21.5. The van der Waals surface area contributed by atoms with Gasteiger partial charge in [0.1, 0.15) is 18.0 Å². The molecule has 0 aliphatic carbocycles. The third-order valence-corrected chi connectivity index (χ3v) is 6.36. The molecule has 200 valence electrons. The third kappa shape index (κ3) is 5.25. The summed E-state index contributed by atoms with van der Waals surface area (Å²) in [6.45, 7) is 0. The Bertz CT molecular complexity index is 1850. The molecule has 40 heavy (non-hydrogen) atoms. The van der Waals surface area contributed by atoms with Crippen molar-refractivity contribution in [2.45, 2.75) is 6.42 Å². The number of nitrogens with zero attached hydrogens (tertiary/aromatic N) is 5. The van der Waals surface area contributed by atoms with Crippen molar-refractivity contribution in [3.63, 3.8) is 0 Å². The number of carbonyl (C=O) groups is 1. The molecule has 0 bridgehead atoms. The molecule has 0 atom stereocenters. The molecule has 0 radical (unpaired) electrons. The van der Waals surface area contributed by atoms with Gasteiger partial charge in [-0.25, -0.2) is 23.7 Å². The molecule has 3 heterocycles. The van der Waals surface area contributed by atoms with E-state index in [1.165, 1.54) is 12.4 Å². The Balaban J connectivity index is 0.00000103. The number of fused-ring (bicyclic) bond motifs is 2. The molecule has 5 N–H and O–H groups in total. The van der Waals surface area contributed by atoms with Crippen molar-refractivity contribution in [3.05, 3.63) is 102 Å². The fourth-order valence-electron chi connectivity index (χ4n) is 4.47. The Hall–Kier alpha value is -5.45. The van der Waals surface area contributed by atoms with E-state index < -0.39 is 11.6 Å². The maximum atomic E-state index is 13.8. The van der Waals surface area contributed by atoms with Crippen molar-refractivity contribution in [1.29, 1.82) is 0 Å². The van der Waals surface area contributed by atoms with Gasteiger partial charge in [-0.3, -0.25) is 9.48 Å². The Labute approximate surface area is 227 Å². The first kappa shape index (κ1) is 26.2. The second-order valence-electron chi connectivity index (χ2n) is 8.89. The summed E-state index contributed by atoms with van der Waals surface area (Å²) in [6.07, 6.45) is 3.76. The lowest BCUT2D eigenvalue weighted by atomic mass is 10.0. The SMILES string of the molecule is Cn1nc(Nc2ncccc2Cc2ccc(F)c(F)c2)c2cc(-c3ccc4ncnc(N)c4c3)ccc21.NC=O. The molecule has 0 aliphatic rings. The number of halogens is 2. The van der Waals surface area contributed by atoms with Gasteiger partial charge in [-0.15, -0.1) is 0 Å². The van der Waals surface area contributed by atoms with Gasteiger partial charge in [0, 0.05) is 30.4 Å². The van der Waals surface area contributed by atoms with E-state index >= 15 is 0 Å². The van der Waals surface area contributed by atoms with E-state index in [0.717, 1.165) is 44.6 Å². The first-order valence-electron chi connectivity index (χ1n) is 12.2. The van der Waals surface area contributed by atoms with E-state index in [2.05, 4.69) is 37.2 Å². The lowest BCUT2D eigenvalue weighted by molar-refractivity contribution is -0.106. The lowest BCUT2D eigenvalue weighted by Gasteiger charge is -2.10. The molecule has 0 unspecified atom stereocenters. The molecule has 0 aliphatic heterocycles. The van der Waals surface area contributed by atoms with Crippen LogP contribution in [0.2, 0.25) is 0 Å². The number of nitrogens with two attached hydrogens (primary N) is 2. The van der Waals surface area contributed by atoms with Gasteiger partial charge >= 0.3 is 0 Å². The monoisotopic (exact) mass is 538 g/mol. The van der Waals surface area contributed by atoms with E-state index in [4.69, 9.17) is 10.5 Å². The van der Waals surface area contributed by atoms with Crippen LogP contribution in [-0.4, -0.2) is 31.1 Å². The average Bonchev–Trinajstić information content (AvgIpc) is 3.26. The minimum absolute atomic E-state index is 0.250. The predicted molar refractivity (Wildman–Crippen MR) is 151 cm³/mol. The van der Waals surface area contributed by atoms with Crippen LogP contribution in [0.5, 0.6) is 0 Å². The molecule has 11 heteroatoms. The zero-order valence-corrected chi connectivity index (χ0v) is 21.3. The predicted octanol–water partition coefficient (Wildman–Crippen LogP) is 4.87. The van der Waals surface area contributed by atoms with Crippen molar-refractivity contribution in [2.75, 3.05) is 11.1 Å². The highest BCUT2D eigenvalue weighted by atomic mass is 19.2. The van der Waals surface area contributed by atoms with Gasteiger partial charge in [-0.05, 0) is 64.7 Å². The highest BCUT2D eigenvalue weighted by Crippen LogP contribution is 2.32. The number of benzene rings is 3. The number of rotatable bonds is 5. The Morgan fingerprint density at radius 1 is 0.900 bits per heavy atom. The molecule has 6 rings (SSSR count). The summed E-state index contributed by atoms with van der Waals surface area (Å²) in [5.41, 5.74) is 15.4. The standard InChI is InChI=1S/C28H21F2N7.CH3NO/c1-37-25-9-6-18(17-5-8-24-20(13-17)26(31)34-15-33-24)14-21(25)28(36-37)35-27-19(3-2-10-32-27)11-16-4-7-22(29)23(30)12-16;2-1-3/h2-10,12-15H,11H2,1H3,(H2,31,33,34)(H,32,35,36);1H,(H2,2,3). The second kappa shape index (κ2) is 11.1. The second-order valence-corrected chi connectivity index (χ2v) is 8.89. The van der Waals surface area contributed by atoms with Gasteiger partial charge in [0.15, 0.2) is 17.5 Å². The normalized spacial score (nSPS) is 10.8. The molecule has 9 nitrogen and oxygen atoms in total. The largest absolute Gasteiger partial charge is 0.383 e. The van der Waals surface area contributed by atoms with Gasteiger partial charge in [0.05, 0.1) is 11.0 Å². The Morgan fingerprint density at radius 3 is 2.42 bits per heavy atom. The van der Waals surface area contributed by atoms with Gasteiger partial charge < -0.3 is 16.8 Å². The van der Waals surface area contributed by atoms with Crippen LogP contribution in [0, 0.1) is 11.6 Å². The summed E-state index contributed by atoms with van der Waals surface area (Å²) in [5, 5.41) is 9.72. The molecule has 0 saturated heterocycles. The Kier molecular flexibility index (Phi) is 7.27. The fourth-order valence-corrected chi connectivity index (χ4v) is 4.47.